The third-order valence-corrected chi connectivity index (χ3v) is 4.75. The zero-order valence-electron chi connectivity index (χ0n) is 13.2. The normalized spacial score (nSPS) is 22.2. The molecule has 0 radical (unpaired) electrons. The van der Waals surface area contributed by atoms with E-state index in [0.717, 1.165) is 11.8 Å². The van der Waals surface area contributed by atoms with Crippen molar-refractivity contribution in [1.29, 1.82) is 0 Å². The number of halogens is 2. The number of aromatic nitrogens is 2. The molecule has 1 aliphatic rings. The molecule has 3 rings (SSSR count). The Balaban J connectivity index is 1.82. The molecule has 2 heterocycles. The van der Waals surface area contributed by atoms with Crippen molar-refractivity contribution in [3.05, 3.63) is 52.5 Å². The van der Waals surface area contributed by atoms with Gasteiger partial charge >= 0.3 is 0 Å². The van der Waals surface area contributed by atoms with E-state index in [1.807, 2.05) is 0 Å². The van der Waals surface area contributed by atoms with Crippen molar-refractivity contribution in [3.8, 4) is 0 Å². The Hall–Kier alpha value is -1.16. The second kappa shape index (κ2) is 7.61. The van der Waals surface area contributed by atoms with Gasteiger partial charge in [-0.1, -0.05) is 29.3 Å². The van der Waals surface area contributed by atoms with Gasteiger partial charge in [0, 0.05) is 22.4 Å². The fourth-order valence-electron chi connectivity index (χ4n) is 2.55. The molecule has 25 heavy (non-hydrogen) atoms. The fraction of sp³-hybridized carbons (Fsp3) is 0.400. The lowest BCUT2D eigenvalue weighted by Gasteiger charge is -2.25. The third-order valence-electron chi connectivity index (χ3n) is 3.63. The summed E-state index contributed by atoms with van der Waals surface area (Å²) in [7, 11) is -3.54. The molecule has 1 aromatic heterocycles. The van der Waals surface area contributed by atoms with Crippen LogP contribution in [0.2, 0.25) is 10.0 Å². The third kappa shape index (κ3) is 4.72. The minimum atomic E-state index is -3.54. The second-order valence-electron chi connectivity index (χ2n) is 5.57. The summed E-state index contributed by atoms with van der Waals surface area (Å²) in [6.45, 7) is 0.0942. The van der Waals surface area contributed by atoms with Crippen LogP contribution in [-0.4, -0.2) is 49.8 Å². The molecule has 1 aromatic carbocycles. The number of imidazole rings is 1. The quantitative estimate of drug-likeness (QED) is 0.685. The van der Waals surface area contributed by atoms with Gasteiger partial charge in [0.1, 0.15) is 12.1 Å². The molecular formula is C15H16Cl2N2O5S. The monoisotopic (exact) mass is 406 g/mol. The lowest BCUT2D eigenvalue weighted by molar-refractivity contribution is -0.0858. The van der Waals surface area contributed by atoms with Crippen LogP contribution in [0.25, 0.3) is 0 Å². The molecule has 7 nitrogen and oxygen atoms in total. The minimum absolute atomic E-state index is 0.111. The van der Waals surface area contributed by atoms with Crippen molar-refractivity contribution in [1.82, 2.24) is 9.55 Å². The fourth-order valence-corrected chi connectivity index (χ4v) is 3.47. The van der Waals surface area contributed by atoms with E-state index in [2.05, 4.69) is 4.98 Å². The maximum absolute atomic E-state index is 11.1. The smallest absolute Gasteiger partial charge is 0.264 e. The van der Waals surface area contributed by atoms with Crippen molar-refractivity contribution in [2.24, 2.45) is 0 Å². The van der Waals surface area contributed by atoms with Crippen molar-refractivity contribution < 1.29 is 22.1 Å². The first-order valence-corrected chi connectivity index (χ1v) is 9.94. The van der Waals surface area contributed by atoms with Crippen LogP contribution < -0.4 is 0 Å². The van der Waals surface area contributed by atoms with Gasteiger partial charge in [-0.15, -0.1) is 0 Å². The Kier molecular flexibility index (Phi) is 5.67. The predicted molar refractivity (Wildman–Crippen MR) is 92.2 cm³/mol. The van der Waals surface area contributed by atoms with Crippen molar-refractivity contribution in [2.45, 2.75) is 18.4 Å². The second-order valence-corrected chi connectivity index (χ2v) is 8.06. The number of rotatable bonds is 6. The molecule has 0 bridgehead atoms. The lowest BCUT2D eigenvalue weighted by Crippen LogP contribution is -2.28. The van der Waals surface area contributed by atoms with Crippen LogP contribution in [0.5, 0.6) is 0 Å². The Morgan fingerprint density at radius 3 is 2.88 bits per heavy atom. The Labute approximate surface area is 155 Å². The zero-order valence-corrected chi connectivity index (χ0v) is 15.5. The highest BCUT2D eigenvalue weighted by atomic mass is 35.5. The summed E-state index contributed by atoms with van der Waals surface area (Å²) in [5, 5.41) is 0.986. The van der Waals surface area contributed by atoms with Gasteiger partial charge in [0.25, 0.3) is 10.1 Å². The number of hydrogen-bond donors (Lipinski definition) is 0. The highest BCUT2D eigenvalue weighted by Crippen LogP contribution is 2.34. The number of benzene rings is 1. The molecule has 3 atom stereocenters. The van der Waals surface area contributed by atoms with Gasteiger partial charge in [0.05, 0.1) is 25.8 Å². The zero-order chi connectivity index (χ0) is 18.0. The molecule has 1 fully saturated rings. The summed E-state index contributed by atoms with van der Waals surface area (Å²) in [6.07, 6.45) is 4.83. The summed E-state index contributed by atoms with van der Waals surface area (Å²) < 4.78 is 40.4. The standard InChI is InChI=1S/C15H16Cl2N2O5S/c1-25(20,21)23-8-11-7-22-15(24-11)14(19-5-4-18-9-19)12-3-2-10(16)6-13(12)17/h2-6,9,11,14-15H,7-8H2,1H3. The summed E-state index contributed by atoms with van der Waals surface area (Å²) >= 11 is 12.3. The lowest BCUT2D eigenvalue weighted by atomic mass is 10.1. The van der Waals surface area contributed by atoms with Crippen molar-refractivity contribution in [2.75, 3.05) is 19.5 Å². The molecule has 0 amide bonds. The van der Waals surface area contributed by atoms with Gasteiger partial charge in [-0.25, -0.2) is 4.98 Å². The molecule has 136 valence electrons. The first kappa shape index (κ1) is 18.6. The van der Waals surface area contributed by atoms with Crippen LogP contribution in [0.15, 0.2) is 36.9 Å². The summed E-state index contributed by atoms with van der Waals surface area (Å²) in [5.41, 5.74) is 0.749. The molecule has 10 heteroatoms. The first-order valence-electron chi connectivity index (χ1n) is 7.37. The number of ether oxygens (including phenoxy) is 2. The van der Waals surface area contributed by atoms with Crippen molar-refractivity contribution >= 4 is 33.3 Å². The van der Waals surface area contributed by atoms with Crippen LogP contribution in [0.3, 0.4) is 0 Å². The molecule has 0 spiro atoms. The van der Waals surface area contributed by atoms with E-state index in [1.54, 1.807) is 41.5 Å². The molecule has 1 saturated heterocycles. The summed E-state index contributed by atoms with van der Waals surface area (Å²) in [4.78, 5) is 4.05. The van der Waals surface area contributed by atoms with Crippen LogP contribution >= 0.6 is 23.2 Å². The van der Waals surface area contributed by atoms with Crippen LogP contribution in [0, 0.1) is 0 Å². The number of nitrogens with zero attached hydrogens (tertiary/aromatic N) is 2. The van der Waals surface area contributed by atoms with E-state index in [9.17, 15) is 8.42 Å². The van der Waals surface area contributed by atoms with E-state index in [-0.39, 0.29) is 13.2 Å². The first-order chi connectivity index (χ1) is 11.8. The van der Waals surface area contributed by atoms with E-state index in [1.165, 1.54) is 0 Å². The maximum atomic E-state index is 11.1. The molecular weight excluding hydrogens is 391 g/mol. The number of hydrogen-bond acceptors (Lipinski definition) is 6. The average Bonchev–Trinajstić information content (AvgIpc) is 3.19. The van der Waals surface area contributed by atoms with Gasteiger partial charge in [-0.3, -0.25) is 4.18 Å². The highest BCUT2D eigenvalue weighted by molar-refractivity contribution is 7.85. The molecule has 0 N–H and O–H groups in total. The molecule has 3 unspecified atom stereocenters. The van der Waals surface area contributed by atoms with Gasteiger partial charge in [-0.05, 0) is 17.7 Å². The highest BCUT2D eigenvalue weighted by Gasteiger charge is 2.36. The summed E-state index contributed by atoms with van der Waals surface area (Å²) in [5.74, 6) is 0. The van der Waals surface area contributed by atoms with Gasteiger partial charge in [0.15, 0.2) is 6.29 Å². The van der Waals surface area contributed by atoms with E-state index >= 15 is 0 Å². The molecule has 1 aliphatic heterocycles. The molecule has 2 aromatic rings. The van der Waals surface area contributed by atoms with Gasteiger partial charge < -0.3 is 14.0 Å². The maximum Gasteiger partial charge on any atom is 0.264 e. The van der Waals surface area contributed by atoms with E-state index in [4.69, 9.17) is 36.9 Å². The molecule has 0 aliphatic carbocycles. The van der Waals surface area contributed by atoms with Crippen LogP contribution in [-0.2, 0) is 23.8 Å². The molecule has 0 saturated carbocycles. The minimum Gasteiger partial charge on any atom is -0.347 e. The van der Waals surface area contributed by atoms with Gasteiger partial charge in [-0.2, -0.15) is 8.42 Å². The van der Waals surface area contributed by atoms with Crippen LogP contribution in [0.1, 0.15) is 11.6 Å². The summed E-state index contributed by atoms with van der Waals surface area (Å²) in [6, 6.07) is 4.76. The van der Waals surface area contributed by atoms with Crippen LogP contribution in [0.4, 0.5) is 0 Å². The Bertz CT molecular complexity index is 828. The SMILES string of the molecule is CS(=O)(=O)OCC1COC(C(c2ccc(Cl)cc2Cl)n2ccnc2)O1. The Morgan fingerprint density at radius 1 is 1.44 bits per heavy atom. The predicted octanol–water partition coefficient (Wildman–Crippen LogP) is 2.50. The largest absolute Gasteiger partial charge is 0.347 e. The van der Waals surface area contributed by atoms with E-state index in [0.29, 0.717) is 10.0 Å². The topological polar surface area (TPSA) is 79.7 Å². The van der Waals surface area contributed by atoms with E-state index < -0.39 is 28.6 Å². The van der Waals surface area contributed by atoms with Crippen molar-refractivity contribution in [3.63, 3.8) is 0 Å². The van der Waals surface area contributed by atoms with Gasteiger partial charge in [0.2, 0.25) is 0 Å². The average molecular weight is 407 g/mol. The Morgan fingerprint density at radius 2 is 2.24 bits per heavy atom.